The van der Waals surface area contributed by atoms with E-state index in [1.807, 2.05) is 6.92 Å². The molecule has 0 saturated carbocycles. The van der Waals surface area contributed by atoms with Gasteiger partial charge in [0.2, 0.25) is 0 Å². The van der Waals surface area contributed by atoms with E-state index in [2.05, 4.69) is 16.4 Å². The Hall–Kier alpha value is -1.49. The minimum atomic E-state index is -0.206. The molecule has 3 rings (SSSR count). The first-order valence-corrected chi connectivity index (χ1v) is 6.66. The van der Waals surface area contributed by atoms with E-state index in [1.54, 1.807) is 16.2 Å². The lowest BCUT2D eigenvalue weighted by atomic mass is 10.1. The van der Waals surface area contributed by atoms with E-state index in [9.17, 15) is 4.79 Å². The zero-order chi connectivity index (χ0) is 11.8. The third kappa shape index (κ3) is 1.70. The first kappa shape index (κ1) is 10.7. The number of nitrogens with zero attached hydrogens (tertiary/aromatic N) is 1. The molecule has 0 spiro atoms. The smallest absolute Gasteiger partial charge is 0.410 e. The Morgan fingerprint density at radius 1 is 1.65 bits per heavy atom. The molecule has 1 amide bonds. The van der Waals surface area contributed by atoms with Gasteiger partial charge in [0.15, 0.2) is 0 Å². The summed E-state index contributed by atoms with van der Waals surface area (Å²) in [5.74, 6) is 0. The summed E-state index contributed by atoms with van der Waals surface area (Å²) in [6.07, 6.45) is 0.679. The molecule has 0 atom stereocenters. The standard InChI is InChI=1S/C12H14N2O2S/c1-2-16-12(15)14-5-3-10-9(7-14)8-4-6-17-11(8)13-10/h4,6,13H,2-3,5,7H2,1H3. The van der Waals surface area contributed by atoms with Crippen LogP contribution in [0.4, 0.5) is 4.79 Å². The normalized spacial score (nSPS) is 15.0. The van der Waals surface area contributed by atoms with Crippen molar-refractivity contribution in [1.29, 1.82) is 0 Å². The first-order chi connectivity index (χ1) is 8.29. The fourth-order valence-corrected chi connectivity index (χ4v) is 3.14. The Morgan fingerprint density at radius 2 is 2.53 bits per heavy atom. The van der Waals surface area contributed by atoms with Gasteiger partial charge < -0.3 is 14.6 Å². The van der Waals surface area contributed by atoms with Gasteiger partial charge in [-0.2, -0.15) is 0 Å². The topological polar surface area (TPSA) is 45.3 Å². The van der Waals surface area contributed by atoms with Crippen LogP contribution in [0.15, 0.2) is 11.4 Å². The van der Waals surface area contributed by atoms with Crippen molar-refractivity contribution in [2.45, 2.75) is 19.9 Å². The highest BCUT2D eigenvalue weighted by Gasteiger charge is 2.24. The number of rotatable bonds is 1. The minimum absolute atomic E-state index is 0.206. The highest BCUT2D eigenvalue weighted by Crippen LogP contribution is 2.30. The lowest BCUT2D eigenvalue weighted by Crippen LogP contribution is -2.36. The van der Waals surface area contributed by atoms with E-state index in [0.29, 0.717) is 13.2 Å². The lowest BCUT2D eigenvalue weighted by Gasteiger charge is -2.26. The lowest BCUT2D eigenvalue weighted by molar-refractivity contribution is 0.103. The Labute approximate surface area is 103 Å². The van der Waals surface area contributed by atoms with Crippen molar-refractivity contribution < 1.29 is 9.53 Å². The summed E-state index contributed by atoms with van der Waals surface area (Å²) in [5.41, 5.74) is 2.52. The van der Waals surface area contributed by atoms with Gasteiger partial charge in [-0.1, -0.05) is 0 Å². The van der Waals surface area contributed by atoms with Crippen LogP contribution in [-0.2, 0) is 17.7 Å². The predicted molar refractivity (Wildman–Crippen MR) is 67.3 cm³/mol. The number of ether oxygens (including phenoxy) is 1. The summed E-state index contributed by atoms with van der Waals surface area (Å²) in [7, 11) is 0. The highest BCUT2D eigenvalue weighted by atomic mass is 32.1. The van der Waals surface area contributed by atoms with Crippen LogP contribution in [-0.4, -0.2) is 29.1 Å². The summed E-state index contributed by atoms with van der Waals surface area (Å²) >= 11 is 1.71. The number of nitrogens with one attached hydrogen (secondary N) is 1. The second kappa shape index (κ2) is 4.07. The van der Waals surface area contributed by atoms with E-state index in [4.69, 9.17) is 4.74 Å². The molecule has 0 unspecified atom stereocenters. The van der Waals surface area contributed by atoms with Crippen molar-refractivity contribution >= 4 is 27.6 Å². The molecule has 90 valence electrons. The van der Waals surface area contributed by atoms with E-state index >= 15 is 0 Å². The molecule has 0 fully saturated rings. The molecule has 0 radical (unpaired) electrons. The maximum atomic E-state index is 11.7. The van der Waals surface area contributed by atoms with Crippen LogP contribution in [0.5, 0.6) is 0 Å². The molecule has 1 N–H and O–H groups in total. The van der Waals surface area contributed by atoms with Crippen molar-refractivity contribution in [3.05, 3.63) is 22.7 Å². The summed E-state index contributed by atoms with van der Waals surface area (Å²) in [4.78, 5) is 18.1. The molecule has 0 aliphatic carbocycles. The van der Waals surface area contributed by atoms with Gasteiger partial charge in [-0.3, -0.25) is 0 Å². The third-order valence-electron chi connectivity index (χ3n) is 3.13. The van der Waals surface area contributed by atoms with Crippen LogP contribution in [0.3, 0.4) is 0 Å². The summed E-state index contributed by atoms with van der Waals surface area (Å²) in [6.45, 7) is 3.66. The SMILES string of the molecule is CCOC(=O)N1CCc2[nH]c3sccc3c2C1. The monoisotopic (exact) mass is 250 g/mol. The number of hydrogen-bond donors (Lipinski definition) is 1. The Bertz CT molecular complexity index is 558. The number of aromatic amines is 1. The van der Waals surface area contributed by atoms with Crippen LogP contribution in [0.2, 0.25) is 0 Å². The highest BCUT2D eigenvalue weighted by molar-refractivity contribution is 7.16. The van der Waals surface area contributed by atoms with Crippen LogP contribution < -0.4 is 0 Å². The number of thiophene rings is 1. The summed E-state index contributed by atoms with van der Waals surface area (Å²) < 4.78 is 5.05. The van der Waals surface area contributed by atoms with Crippen LogP contribution in [0.25, 0.3) is 10.2 Å². The van der Waals surface area contributed by atoms with E-state index in [1.165, 1.54) is 21.5 Å². The van der Waals surface area contributed by atoms with Gasteiger partial charge in [-0.05, 0) is 18.4 Å². The molecule has 0 bridgehead atoms. The van der Waals surface area contributed by atoms with Crippen LogP contribution in [0.1, 0.15) is 18.2 Å². The van der Waals surface area contributed by atoms with Gasteiger partial charge in [0.25, 0.3) is 0 Å². The van der Waals surface area contributed by atoms with E-state index in [0.717, 1.165) is 13.0 Å². The van der Waals surface area contributed by atoms with Gasteiger partial charge in [-0.25, -0.2) is 4.79 Å². The number of amides is 1. The van der Waals surface area contributed by atoms with Crippen molar-refractivity contribution in [2.75, 3.05) is 13.2 Å². The Balaban J connectivity index is 1.90. The largest absolute Gasteiger partial charge is 0.450 e. The van der Waals surface area contributed by atoms with Crippen molar-refractivity contribution in [2.24, 2.45) is 0 Å². The zero-order valence-corrected chi connectivity index (χ0v) is 10.5. The minimum Gasteiger partial charge on any atom is -0.450 e. The molecular weight excluding hydrogens is 236 g/mol. The maximum Gasteiger partial charge on any atom is 0.410 e. The van der Waals surface area contributed by atoms with E-state index in [-0.39, 0.29) is 6.09 Å². The number of fused-ring (bicyclic) bond motifs is 3. The molecule has 0 aromatic carbocycles. The van der Waals surface area contributed by atoms with Gasteiger partial charge in [0.05, 0.1) is 13.2 Å². The number of H-pyrrole nitrogens is 1. The van der Waals surface area contributed by atoms with Crippen LogP contribution >= 0.6 is 11.3 Å². The quantitative estimate of drug-likeness (QED) is 0.845. The van der Waals surface area contributed by atoms with E-state index < -0.39 is 0 Å². The average Bonchev–Trinajstić information content (AvgIpc) is 2.88. The molecule has 2 aromatic rings. The Morgan fingerprint density at radius 3 is 3.35 bits per heavy atom. The summed E-state index contributed by atoms with van der Waals surface area (Å²) in [5, 5.41) is 3.32. The van der Waals surface area contributed by atoms with Crippen molar-refractivity contribution in [1.82, 2.24) is 9.88 Å². The average molecular weight is 250 g/mol. The first-order valence-electron chi connectivity index (χ1n) is 5.78. The molecule has 3 heterocycles. The molecule has 4 nitrogen and oxygen atoms in total. The number of carbonyl (C=O) groups is 1. The molecule has 2 aromatic heterocycles. The predicted octanol–water partition coefficient (Wildman–Crippen LogP) is 2.74. The third-order valence-corrected chi connectivity index (χ3v) is 3.96. The van der Waals surface area contributed by atoms with Gasteiger partial charge in [0, 0.05) is 29.6 Å². The summed E-state index contributed by atoms with van der Waals surface area (Å²) in [6, 6.07) is 2.12. The molecule has 0 saturated heterocycles. The molecular formula is C12H14N2O2S. The number of carbonyl (C=O) groups excluding carboxylic acids is 1. The van der Waals surface area contributed by atoms with Crippen LogP contribution in [0, 0.1) is 0 Å². The second-order valence-corrected chi connectivity index (χ2v) is 5.03. The van der Waals surface area contributed by atoms with Gasteiger partial charge in [0.1, 0.15) is 4.83 Å². The molecule has 5 heteroatoms. The number of hydrogen-bond acceptors (Lipinski definition) is 3. The van der Waals surface area contributed by atoms with Crippen molar-refractivity contribution in [3.8, 4) is 0 Å². The molecule has 1 aliphatic rings. The Kier molecular flexibility index (Phi) is 2.55. The van der Waals surface area contributed by atoms with Crippen molar-refractivity contribution in [3.63, 3.8) is 0 Å². The second-order valence-electron chi connectivity index (χ2n) is 4.12. The maximum absolute atomic E-state index is 11.7. The number of aromatic nitrogens is 1. The fraction of sp³-hybridized carbons (Fsp3) is 0.417. The molecule has 1 aliphatic heterocycles. The van der Waals surface area contributed by atoms with Gasteiger partial charge in [-0.15, -0.1) is 11.3 Å². The fourth-order valence-electron chi connectivity index (χ4n) is 2.30. The zero-order valence-electron chi connectivity index (χ0n) is 9.66. The molecule has 17 heavy (non-hydrogen) atoms. The van der Waals surface area contributed by atoms with Gasteiger partial charge >= 0.3 is 6.09 Å².